The minimum absolute atomic E-state index is 0.0117. The number of carbonyl (C=O) groups is 1. The van der Waals surface area contributed by atoms with Crippen LogP contribution in [0.3, 0.4) is 0 Å². The van der Waals surface area contributed by atoms with Crippen LogP contribution in [0.1, 0.15) is 21.1 Å². The Bertz CT molecular complexity index is 656. The zero-order valence-electron chi connectivity index (χ0n) is 10.0. The maximum atomic E-state index is 11.6. The van der Waals surface area contributed by atoms with Crippen molar-refractivity contribution in [3.63, 3.8) is 0 Å². The van der Waals surface area contributed by atoms with Gasteiger partial charge < -0.3 is 4.84 Å². The van der Waals surface area contributed by atoms with Gasteiger partial charge >= 0.3 is 5.97 Å². The van der Waals surface area contributed by atoms with E-state index in [4.69, 9.17) is 10.1 Å². The van der Waals surface area contributed by atoms with Crippen molar-refractivity contribution in [2.45, 2.75) is 6.92 Å². The van der Waals surface area contributed by atoms with Crippen molar-refractivity contribution in [1.82, 2.24) is 4.98 Å². The van der Waals surface area contributed by atoms with Gasteiger partial charge in [-0.3, -0.25) is 0 Å². The Balaban J connectivity index is 2.13. The molecule has 1 aromatic heterocycles. The molecule has 19 heavy (non-hydrogen) atoms. The number of carbonyl (C=O) groups excluding carboxylic acids is 1. The van der Waals surface area contributed by atoms with E-state index in [0.717, 1.165) is 5.69 Å². The van der Waals surface area contributed by atoms with Crippen LogP contribution in [0.25, 0.3) is 0 Å². The maximum absolute atomic E-state index is 11.6. The first-order valence-corrected chi connectivity index (χ1v) is 6.25. The van der Waals surface area contributed by atoms with E-state index in [-0.39, 0.29) is 5.71 Å². The molecule has 0 amide bonds. The van der Waals surface area contributed by atoms with Crippen molar-refractivity contribution in [3.05, 3.63) is 52.0 Å². The average molecular weight is 271 g/mol. The topological polar surface area (TPSA) is 75.3 Å². The highest BCUT2D eigenvalue weighted by Crippen LogP contribution is 2.10. The van der Waals surface area contributed by atoms with E-state index >= 15 is 0 Å². The number of hydrogen-bond acceptors (Lipinski definition) is 6. The molecule has 0 aliphatic carbocycles. The summed E-state index contributed by atoms with van der Waals surface area (Å²) in [5.74, 6) is -0.610. The van der Waals surface area contributed by atoms with E-state index in [0.29, 0.717) is 10.6 Å². The lowest BCUT2D eigenvalue weighted by atomic mass is 10.2. The average Bonchev–Trinajstić information content (AvgIpc) is 2.87. The smallest absolute Gasteiger partial charge is 0.311 e. The summed E-state index contributed by atoms with van der Waals surface area (Å²) in [5.41, 5.74) is 1.15. The number of aromatic nitrogens is 1. The molecule has 2 rings (SSSR count). The highest BCUT2D eigenvalue weighted by atomic mass is 32.1. The second kappa shape index (κ2) is 5.89. The van der Waals surface area contributed by atoms with Gasteiger partial charge in [0.2, 0.25) is 5.71 Å². The first-order chi connectivity index (χ1) is 9.20. The normalized spacial score (nSPS) is 10.8. The van der Waals surface area contributed by atoms with Gasteiger partial charge in [0.25, 0.3) is 0 Å². The molecule has 0 N–H and O–H groups in total. The Morgan fingerprint density at radius 3 is 2.74 bits per heavy atom. The molecule has 0 fully saturated rings. The van der Waals surface area contributed by atoms with Gasteiger partial charge in [-0.25, -0.2) is 9.78 Å². The highest BCUT2D eigenvalue weighted by molar-refractivity contribution is 7.12. The molecule has 94 valence electrons. The quantitative estimate of drug-likeness (QED) is 0.488. The van der Waals surface area contributed by atoms with Crippen LogP contribution in [0.5, 0.6) is 0 Å². The molecule has 0 spiro atoms. The van der Waals surface area contributed by atoms with Gasteiger partial charge in [-0.2, -0.15) is 5.26 Å². The van der Waals surface area contributed by atoms with Crippen LogP contribution in [-0.2, 0) is 4.84 Å². The monoisotopic (exact) mass is 271 g/mol. The summed E-state index contributed by atoms with van der Waals surface area (Å²) >= 11 is 1.27. The lowest BCUT2D eigenvalue weighted by Crippen LogP contribution is -2.04. The molecule has 6 heteroatoms. The van der Waals surface area contributed by atoms with E-state index in [1.165, 1.54) is 11.3 Å². The van der Waals surface area contributed by atoms with E-state index < -0.39 is 5.97 Å². The van der Waals surface area contributed by atoms with Crippen LogP contribution in [0, 0.1) is 18.3 Å². The van der Waals surface area contributed by atoms with E-state index in [9.17, 15) is 4.79 Å². The summed E-state index contributed by atoms with van der Waals surface area (Å²) in [7, 11) is 0. The Kier molecular flexibility index (Phi) is 4.00. The fourth-order valence-electron chi connectivity index (χ4n) is 1.28. The largest absolute Gasteiger partial charge is 0.365 e. The van der Waals surface area contributed by atoms with Crippen molar-refractivity contribution in [2.75, 3.05) is 0 Å². The van der Waals surface area contributed by atoms with Crippen LogP contribution in [0.4, 0.5) is 0 Å². The first-order valence-electron chi connectivity index (χ1n) is 5.37. The van der Waals surface area contributed by atoms with Crippen molar-refractivity contribution in [3.8, 4) is 6.07 Å². The van der Waals surface area contributed by atoms with Gasteiger partial charge in [-0.1, -0.05) is 23.4 Å². The van der Waals surface area contributed by atoms with E-state index in [1.807, 2.05) is 13.0 Å². The molecule has 1 aromatic carbocycles. The number of nitrogens with zero attached hydrogens (tertiary/aromatic N) is 3. The zero-order valence-corrected chi connectivity index (χ0v) is 10.8. The van der Waals surface area contributed by atoms with Gasteiger partial charge in [-0.05, 0) is 19.1 Å². The van der Waals surface area contributed by atoms with Gasteiger partial charge in [0.1, 0.15) is 6.07 Å². The Morgan fingerprint density at radius 2 is 2.16 bits per heavy atom. The van der Waals surface area contributed by atoms with Gasteiger partial charge in [0, 0.05) is 11.1 Å². The molecular formula is C13H9N3O2S. The minimum atomic E-state index is -0.610. The molecule has 0 aliphatic heterocycles. The maximum Gasteiger partial charge on any atom is 0.365 e. The van der Waals surface area contributed by atoms with Crippen LogP contribution < -0.4 is 0 Å². The lowest BCUT2D eigenvalue weighted by Gasteiger charge is -1.97. The molecule has 0 bridgehead atoms. The third-order valence-corrected chi connectivity index (χ3v) is 3.12. The molecule has 0 saturated heterocycles. The van der Waals surface area contributed by atoms with Gasteiger partial charge in [0.05, 0.1) is 5.56 Å². The summed E-state index contributed by atoms with van der Waals surface area (Å²) in [4.78, 5) is 20.5. The van der Waals surface area contributed by atoms with Crippen LogP contribution in [0.15, 0.2) is 40.9 Å². The fourth-order valence-corrected chi connectivity index (χ4v) is 2.01. The highest BCUT2D eigenvalue weighted by Gasteiger charge is 2.11. The van der Waals surface area contributed by atoms with E-state index in [2.05, 4.69) is 10.1 Å². The van der Waals surface area contributed by atoms with Crippen molar-refractivity contribution in [1.29, 1.82) is 5.26 Å². The SMILES string of the molecule is Cc1csc(/C(C#N)=N/OC(=O)c2ccccc2)n1. The summed E-state index contributed by atoms with van der Waals surface area (Å²) in [6, 6.07) is 10.3. The standard InChI is InChI=1S/C13H9N3O2S/c1-9-8-19-12(15-9)11(7-14)16-18-13(17)10-5-3-2-4-6-10/h2-6,8H,1H3/b16-11+. The second-order valence-corrected chi connectivity index (χ2v) is 4.45. The summed E-state index contributed by atoms with van der Waals surface area (Å²) in [6.45, 7) is 1.81. The molecule has 2 aromatic rings. The van der Waals surface area contributed by atoms with E-state index in [1.54, 1.807) is 35.7 Å². The second-order valence-electron chi connectivity index (χ2n) is 3.59. The van der Waals surface area contributed by atoms with Gasteiger partial charge in [-0.15, -0.1) is 11.3 Å². The summed E-state index contributed by atoms with van der Waals surface area (Å²) < 4.78 is 0. The van der Waals surface area contributed by atoms with Crippen LogP contribution >= 0.6 is 11.3 Å². The number of rotatable bonds is 3. The third kappa shape index (κ3) is 3.24. The Morgan fingerprint density at radius 1 is 1.42 bits per heavy atom. The van der Waals surface area contributed by atoms with Gasteiger partial charge in [0.15, 0.2) is 5.01 Å². The number of nitriles is 1. The lowest BCUT2D eigenvalue weighted by molar-refractivity contribution is 0.0517. The number of oxime groups is 1. The van der Waals surface area contributed by atoms with Crippen molar-refractivity contribution < 1.29 is 9.63 Å². The predicted molar refractivity (Wildman–Crippen MR) is 70.9 cm³/mol. The fraction of sp³-hybridized carbons (Fsp3) is 0.0769. The first kappa shape index (κ1) is 12.9. The number of benzene rings is 1. The number of hydrogen-bond donors (Lipinski definition) is 0. The molecule has 5 nitrogen and oxygen atoms in total. The van der Waals surface area contributed by atoms with Crippen LogP contribution in [0.2, 0.25) is 0 Å². The summed E-state index contributed by atoms with van der Waals surface area (Å²) in [5, 5.41) is 14.7. The molecular weight excluding hydrogens is 262 g/mol. The van der Waals surface area contributed by atoms with Crippen molar-refractivity contribution >= 4 is 23.0 Å². The summed E-state index contributed by atoms with van der Waals surface area (Å²) in [6.07, 6.45) is 0. The van der Waals surface area contributed by atoms with Crippen molar-refractivity contribution in [2.24, 2.45) is 5.16 Å². The Hall–Kier alpha value is -2.52. The predicted octanol–water partition coefficient (Wildman–Crippen LogP) is 2.54. The Labute approximate surface area is 113 Å². The molecule has 0 atom stereocenters. The molecule has 0 radical (unpaired) electrons. The zero-order chi connectivity index (χ0) is 13.7. The molecule has 0 unspecified atom stereocenters. The third-order valence-electron chi connectivity index (χ3n) is 2.16. The molecule has 1 heterocycles. The van der Waals surface area contributed by atoms with Crippen LogP contribution in [-0.4, -0.2) is 16.7 Å². The number of thiazole rings is 1. The molecule has 0 aliphatic rings. The molecule has 0 saturated carbocycles. The minimum Gasteiger partial charge on any atom is -0.311 e. The number of aryl methyl sites for hydroxylation is 1.